The number of rotatable bonds is 3. The molecule has 0 N–H and O–H groups in total. The average Bonchev–Trinajstić information content (AvgIpc) is 2.89. The number of hydrogen-bond acceptors (Lipinski definition) is 5. The normalized spacial score (nSPS) is 20.5. The van der Waals surface area contributed by atoms with Crippen LogP contribution in [0.1, 0.15) is 34.8 Å². The van der Waals surface area contributed by atoms with Crippen LogP contribution in [0.2, 0.25) is 0 Å². The average molecular weight is 227 g/mol. The van der Waals surface area contributed by atoms with Crippen LogP contribution in [0.5, 0.6) is 0 Å². The van der Waals surface area contributed by atoms with Gasteiger partial charge in [-0.15, -0.1) is 11.3 Å². The molecule has 0 aromatic carbocycles. The highest BCUT2D eigenvalue weighted by atomic mass is 32.1. The summed E-state index contributed by atoms with van der Waals surface area (Å²) in [5.41, 5.74) is 0.420. The number of hydrogen-bond donors (Lipinski definition) is 0. The number of ether oxygens (including phenoxy) is 2. The maximum Gasteiger partial charge on any atom is 0.357 e. The first-order valence-electron chi connectivity index (χ1n) is 5.01. The number of esters is 1. The van der Waals surface area contributed by atoms with Crippen molar-refractivity contribution in [2.24, 2.45) is 0 Å². The van der Waals surface area contributed by atoms with E-state index >= 15 is 0 Å². The van der Waals surface area contributed by atoms with Gasteiger partial charge in [0.1, 0.15) is 0 Å². The van der Waals surface area contributed by atoms with Gasteiger partial charge in [-0.3, -0.25) is 0 Å². The second-order valence-corrected chi connectivity index (χ2v) is 4.24. The molecule has 5 heteroatoms. The summed E-state index contributed by atoms with van der Waals surface area (Å²) < 4.78 is 10.2. The summed E-state index contributed by atoms with van der Waals surface area (Å²) in [4.78, 5) is 15.6. The van der Waals surface area contributed by atoms with Crippen LogP contribution in [0, 0.1) is 0 Å². The summed E-state index contributed by atoms with van der Waals surface area (Å²) in [7, 11) is 0. The molecule has 0 amide bonds. The van der Waals surface area contributed by atoms with Gasteiger partial charge in [0, 0.05) is 17.9 Å². The van der Waals surface area contributed by atoms with Crippen molar-refractivity contribution in [3.05, 3.63) is 16.1 Å². The standard InChI is InChI=1S/C10H13NO3S/c1-2-14-10(12)8-6-15-9(11-8)7-3-4-13-5-7/h6-7H,2-5H2,1H3. The fourth-order valence-electron chi connectivity index (χ4n) is 1.50. The van der Waals surface area contributed by atoms with Gasteiger partial charge in [-0.05, 0) is 13.3 Å². The van der Waals surface area contributed by atoms with Crippen molar-refractivity contribution < 1.29 is 14.3 Å². The number of carbonyl (C=O) groups excluding carboxylic acids is 1. The van der Waals surface area contributed by atoms with Crippen LogP contribution in [0.15, 0.2) is 5.38 Å². The number of thiazole rings is 1. The van der Waals surface area contributed by atoms with Gasteiger partial charge in [-0.2, -0.15) is 0 Å². The SMILES string of the molecule is CCOC(=O)c1csc(C2CCOC2)n1. The molecular formula is C10H13NO3S. The predicted molar refractivity (Wildman–Crippen MR) is 56.2 cm³/mol. The van der Waals surface area contributed by atoms with Crippen molar-refractivity contribution in [2.45, 2.75) is 19.3 Å². The zero-order valence-corrected chi connectivity index (χ0v) is 9.38. The quantitative estimate of drug-likeness (QED) is 0.739. The molecule has 1 aromatic rings. The molecular weight excluding hydrogens is 214 g/mol. The predicted octanol–water partition coefficient (Wildman–Crippen LogP) is 1.82. The van der Waals surface area contributed by atoms with Crippen molar-refractivity contribution in [3.8, 4) is 0 Å². The van der Waals surface area contributed by atoms with Crippen molar-refractivity contribution >= 4 is 17.3 Å². The van der Waals surface area contributed by atoms with Crippen LogP contribution in [-0.4, -0.2) is 30.8 Å². The minimum absolute atomic E-state index is 0.334. The Labute approximate surface area is 92.2 Å². The minimum atomic E-state index is -0.334. The third kappa shape index (κ3) is 2.35. The van der Waals surface area contributed by atoms with Crippen LogP contribution in [-0.2, 0) is 9.47 Å². The molecule has 0 radical (unpaired) electrons. The molecule has 1 aliphatic rings. The molecule has 1 saturated heterocycles. The first-order chi connectivity index (χ1) is 7.31. The van der Waals surface area contributed by atoms with Gasteiger partial charge in [-0.1, -0.05) is 0 Å². The Bertz CT molecular complexity index is 344. The molecule has 15 heavy (non-hydrogen) atoms. The van der Waals surface area contributed by atoms with E-state index in [4.69, 9.17) is 9.47 Å². The molecule has 0 aliphatic carbocycles. The van der Waals surface area contributed by atoms with Crippen molar-refractivity contribution in [1.29, 1.82) is 0 Å². The van der Waals surface area contributed by atoms with Gasteiger partial charge >= 0.3 is 5.97 Å². The lowest BCUT2D eigenvalue weighted by Crippen LogP contribution is -2.06. The van der Waals surface area contributed by atoms with Crippen molar-refractivity contribution in [2.75, 3.05) is 19.8 Å². The first kappa shape index (κ1) is 10.6. The Hall–Kier alpha value is -0.940. The molecule has 0 spiro atoms. The lowest BCUT2D eigenvalue weighted by Gasteiger charge is -2.01. The first-order valence-corrected chi connectivity index (χ1v) is 5.89. The lowest BCUT2D eigenvalue weighted by atomic mass is 10.1. The van der Waals surface area contributed by atoms with Gasteiger partial charge < -0.3 is 9.47 Å². The summed E-state index contributed by atoms with van der Waals surface area (Å²) in [6, 6.07) is 0. The summed E-state index contributed by atoms with van der Waals surface area (Å²) in [6.07, 6.45) is 0.996. The molecule has 1 fully saturated rings. The van der Waals surface area contributed by atoms with Crippen LogP contribution in [0.3, 0.4) is 0 Å². The molecule has 2 rings (SSSR count). The number of nitrogens with zero attached hydrogens (tertiary/aromatic N) is 1. The monoisotopic (exact) mass is 227 g/mol. The maximum atomic E-state index is 11.4. The van der Waals surface area contributed by atoms with E-state index in [-0.39, 0.29) is 5.97 Å². The van der Waals surface area contributed by atoms with Gasteiger partial charge in [0.2, 0.25) is 0 Å². The second-order valence-electron chi connectivity index (χ2n) is 3.35. The Kier molecular flexibility index (Phi) is 3.33. The molecule has 82 valence electrons. The molecule has 4 nitrogen and oxygen atoms in total. The van der Waals surface area contributed by atoms with E-state index < -0.39 is 0 Å². The zero-order chi connectivity index (χ0) is 10.7. The maximum absolute atomic E-state index is 11.4. The van der Waals surface area contributed by atoms with Gasteiger partial charge in [0.05, 0.1) is 18.2 Å². The van der Waals surface area contributed by atoms with E-state index in [1.165, 1.54) is 11.3 Å². The van der Waals surface area contributed by atoms with Crippen molar-refractivity contribution in [3.63, 3.8) is 0 Å². The smallest absolute Gasteiger partial charge is 0.357 e. The molecule has 0 saturated carbocycles. The van der Waals surface area contributed by atoms with E-state index in [0.717, 1.165) is 24.6 Å². The Morgan fingerprint density at radius 2 is 2.67 bits per heavy atom. The largest absolute Gasteiger partial charge is 0.461 e. The van der Waals surface area contributed by atoms with Crippen molar-refractivity contribution in [1.82, 2.24) is 4.98 Å². The summed E-state index contributed by atoms with van der Waals surface area (Å²) in [6.45, 7) is 3.68. The molecule has 2 heterocycles. The second kappa shape index (κ2) is 4.72. The van der Waals surface area contributed by atoms with Crippen LogP contribution < -0.4 is 0 Å². The van der Waals surface area contributed by atoms with Gasteiger partial charge in [0.25, 0.3) is 0 Å². The molecule has 1 aliphatic heterocycles. The number of carbonyl (C=O) groups is 1. The fraction of sp³-hybridized carbons (Fsp3) is 0.600. The minimum Gasteiger partial charge on any atom is -0.461 e. The topological polar surface area (TPSA) is 48.4 Å². The number of aromatic nitrogens is 1. The summed E-state index contributed by atoms with van der Waals surface area (Å²) >= 11 is 1.51. The highest BCUT2D eigenvalue weighted by molar-refractivity contribution is 7.09. The Balaban J connectivity index is 2.06. The zero-order valence-electron chi connectivity index (χ0n) is 8.56. The van der Waals surface area contributed by atoms with E-state index in [2.05, 4.69) is 4.98 Å². The van der Waals surface area contributed by atoms with Crippen LogP contribution >= 0.6 is 11.3 Å². The van der Waals surface area contributed by atoms with Crippen LogP contribution in [0.4, 0.5) is 0 Å². The van der Waals surface area contributed by atoms with E-state index in [9.17, 15) is 4.79 Å². The third-order valence-corrected chi connectivity index (χ3v) is 3.29. The fourth-order valence-corrected chi connectivity index (χ4v) is 2.41. The molecule has 1 atom stereocenters. The molecule has 0 bridgehead atoms. The Morgan fingerprint density at radius 1 is 1.80 bits per heavy atom. The van der Waals surface area contributed by atoms with E-state index in [0.29, 0.717) is 18.2 Å². The molecule has 1 unspecified atom stereocenters. The van der Waals surface area contributed by atoms with E-state index in [1.807, 2.05) is 0 Å². The van der Waals surface area contributed by atoms with Gasteiger partial charge in [-0.25, -0.2) is 9.78 Å². The van der Waals surface area contributed by atoms with E-state index in [1.54, 1.807) is 12.3 Å². The Morgan fingerprint density at radius 3 is 3.33 bits per heavy atom. The summed E-state index contributed by atoms with van der Waals surface area (Å²) in [5, 5.41) is 2.74. The summed E-state index contributed by atoms with van der Waals surface area (Å²) in [5.74, 6) is 0.0251. The van der Waals surface area contributed by atoms with Gasteiger partial charge in [0.15, 0.2) is 5.69 Å². The molecule has 1 aromatic heterocycles. The highest BCUT2D eigenvalue weighted by Crippen LogP contribution is 2.27. The highest BCUT2D eigenvalue weighted by Gasteiger charge is 2.22. The lowest BCUT2D eigenvalue weighted by molar-refractivity contribution is 0.0520. The van der Waals surface area contributed by atoms with Crippen LogP contribution in [0.25, 0.3) is 0 Å². The third-order valence-electron chi connectivity index (χ3n) is 2.29.